The first-order valence-corrected chi connectivity index (χ1v) is 10.3. The second kappa shape index (κ2) is 7.86. The van der Waals surface area contributed by atoms with E-state index in [-0.39, 0.29) is 12.0 Å². The zero-order chi connectivity index (χ0) is 21.4. The molecule has 8 nitrogen and oxygen atoms in total. The summed E-state index contributed by atoms with van der Waals surface area (Å²) in [7, 11) is 0. The van der Waals surface area contributed by atoms with Crippen molar-refractivity contribution in [3.63, 3.8) is 0 Å². The first-order valence-electron chi connectivity index (χ1n) is 10.3. The van der Waals surface area contributed by atoms with Crippen LogP contribution in [0.25, 0.3) is 22.6 Å². The summed E-state index contributed by atoms with van der Waals surface area (Å²) in [5, 5.41) is 7.04. The molecule has 0 unspecified atom stereocenters. The quantitative estimate of drug-likeness (QED) is 0.698. The molecule has 2 amide bonds. The minimum Gasteiger partial charge on any atom is -0.442 e. The molecule has 5 rings (SSSR count). The molecule has 2 aliphatic rings. The molecule has 1 aliphatic carbocycles. The highest BCUT2D eigenvalue weighted by molar-refractivity contribution is 5.90. The van der Waals surface area contributed by atoms with Crippen LogP contribution in [0.3, 0.4) is 0 Å². The van der Waals surface area contributed by atoms with Gasteiger partial charge in [0.2, 0.25) is 5.91 Å². The van der Waals surface area contributed by atoms with Gasteiger partial charge in [0.1, 0.15) is 11.8 Å². The van der Waals surface area contributed by atoms with Gasteiger partial charge in [-0.15, -0.1) is 0 Å². The van der Waals surface area contributed by atoms with Crippen LogP contribution in [0.2, 0.25) is 0 Å². The zero-order valence-electron chi connectivity index (χ0n) is 17.1. The summed E-state index contributed by atoms with van der Waals surface area (Å²) >= 11 is 0. The number of nitrogens with zero attached hydrogens (tertiary/aromatic N) is 3. The maximum Gasteiger partial charge on any atom is 0.414 e. The van der Waals surface area contributed by atoms with Crippen molar-refractivity contribution >= 4 is 17.7 Å². The van der Waals surface area contributed by atoms with Crippen LogP contribution in [0.15, 0.2) is 47.2 Å². The Bertz CT molecular complexity index is 1140. The van der Waals surface area contributed by atoms with E-state index in [1.54, 1.807) is 17.3 Å². The number of carbonyl (C=O) groups excluding carboxylic acids is 2. The molecule has 1 fully saturated rings. The van der Waals surface area contributed by atoms with Crippen LogP contribution in [0.5, 0.6) is 0 Å². The number of cyclic esters (lactones) is 1. The molecule has 3 aromatic rings. The minimum atomic E-state index is -0.399. The number of hydrogen-bond acceptors (Lipinski definition) is 6. The van der Waals surface area contributed by atoms with Gasteiger partial charge in [-0.05, 0) is 55.2 Å². The van der Waals surface area contributed by atoms with Gasteiger partial charge in [0.25, 0.3) is 0 Å². The average Bonchev–Trinajstić information content (AvgIpc) is 3.31. The normalized spacial score (nSPS) is 17.5. The monoisotopic (exact) mass is 418 g/mol. The molecule has 158 valence electrons. The van der Waals surface area contributed by atoms with Crippen molar-refractivity contribution in [1.82, 2.24) is 15.5 Å². The first-order chi connectivity index (χ1) is 15.1. The maximum atomic E-state index is 12.4. The number of anilines is 1. The van der Waals surface area contributed by atoms with E-state index in [1.807, 2.05) is 30.3 Å². The molecule has 1 aliphatic heterocycles. The van der Waals surface area contributed by atoms with Gasteiger partial charge in [-0.3, -0.25) is 14.7 Å². The molecular formula is C23H22N4O4. The first kappa shape index (κ1) is 19.3. The van der Waals surface area contributed by atoms with Crippen molar-refractivity contribution in [3.8, 4) is 22.6 Å². The highest BCUT2D eigenvalue weighted by Crippen LogP contribution is 2.39. The Hall–Kier alpha value is -3.68. The Morgan fingerprint density at radius 3 is 2.87 bits per heavy atom. The summed E-state index contributed by atoms with van der Waals surface area (Å²) in [5.74, 6) is 0.645. The number of fused-ring (bicyclic) bond motifs is 3. The van der Waals surface area contributed by atoms with Gasteiger partial charge in [0.15, 0.2) is 5.76 Å². The third kappa shape index (κ3) is 3.65. The molecule has 31 heavy (non-hydrogen) atoms. The molecule has 8 heteroatoms. The van der Waals surface area contributed by atoms with Crippen LogP contribution < -0.4 is 10.2 Å². The van der Waals surface area contributed by atoms with Crippen LogP contribution in [0.1, 0.15) is 24.5 Å². The van der Waals surface area contributed by atoms with E-state index < -0.39 is 6.09 Å². The zero-order valence-corrected chi connectivity index (χ0v) is 17.1. The van der Waals surface area contributed by atoms with Crippen LogP contribution in [0, 0.1) is 0 Å². The fraction of sp³-hybridized carbons (Fsp3) is 0.304. The molecule has 2 aromatic heterocycles. The van der Waals surface area contributed by atoms with Crippen LogP contribution in [0.4, 0.5) is 10.5 Å². The Balaban J connectivity index is 1.43. The summed E-state index contributed by atoms with van der Waals surface area (Å²) in [6, 6.07) is 9.79. The molecular weight excluding hydrogens is 396 g/mol. The van der Waals surface area contributed by atoms with Crippen molar-refractivity contribution in [3.05, 3.63) is 53.9 Å². The summed E-state index contributed by atoms with van der Waals surface area (Å²) in [6.45, 7) is 2.15. The lowest BCUT2D eigenvalue weighted by atomic mass is 10.00. The number of aryl methyl sites for hydroxylation is 1. The molecule has 1 aromatic carbocycles. The average molecular weight is 418 g/mol. The number of ether oxygens (including phenoxy) is 1. The summed E-state index contributed by atoms with van der Waals surface area (Å²) in [5.41, 5.74) is 5.86. The van der Waals surface area contributed by atoms with E-state index in [2.05, 4.69) is 15.5 Å². The van der Waals surface area contributed by atoms with Gasteiger partial charge in [-0.1, -0.05) is 5.16 Å². The highest BCUT2D eigenvalue weighted by Gasteiger charge is 2.33. The Morgan fingerprint density at radius 1 is 1.23 bits per heavy atom. The number of hydrogen-bond donors (Lipinski definition) is 1. The Labute approximate surface area is 179 Å². The molecule has 0 spiro atoms. The number of nitrogens with one attached hydrogen (secondary N) is 1. The van der Waals surface area contributed by atoms with Crippen LogP contribution >= 0.6 is 0 Å². The topological polar surface area (TPSA) is 97.6 Å². The summed E-state index contributed by atoms with van der Waals surface area (Å²) in [4.78, 5) is 29.2. The van der Waals surface area contributed by atoms with Crippen molar-refractivity contribution in [2.75, 3.05) is 18.0 Å². The number of carbonyl (C=O) groups is 2. The van der Waals surface area contributed by atoms with E-state index in [0.29, 0.717) is 13.1 Å². The fourth-order valence-electron chi connectivity index (χ4n) is 4.22. The van der Waals surface area contributed by atoms with Gasteiger partial charge in [-0.25, -0.2) is 4.79 Å². The highest BCUT2D eigenvalue weighted by atomic mass is 16.6. The van der Waals surface area contributed by atoms with E-state index in [1.165, 1.54) is 6.92 Å². The maximum absolute atomic E-state index is 12.4. The van der Waals surface area contributed by atoms with Crippen molar-refractivity contribution in [1.29, 1.82) is 0 Å². The second-order valence-corrected chi connectivity index (χ2v) is 7.82. The number of amides is 2. The molecule has 0 saturated carbocycles. The van der Waals surface area contributed by atoms with Crippen LogP contribution in [-0.2, 0) is 22.4 Å². The third-order valence-corrected chi connectivity index (χ3v) is 5.71. The SMILES string of the molecule is CC(=O)NC[C@H]1CN(c2ccc3c(c2)CCCc2c(-c4ccncc4)noc2-3)C(=O)O1. The van der Waals surface area contributed by atoms with Gasteiger partial charge < -0.3 is 14.6 Å². The molecule has 1 saturated heterocycles. The second-order valence-electron chi connectivity index (χ2n) is 7.82. The van der Waals surface area contributed by atoms with E-state index in [0.717, 1.165) is 58.7 Å². The fourth-order valence-corrected chi connectivity index (χ4v) is 4.22. The van der Waals surface area contributed by atoms with E-state index in [9.17, 15) is 9.59 Å². The lowest BCUT2D eigenvalue weighted by Gasteiger charge is -2.15. The van der Waals surface area contributed by atoms with Crippen molar-refractivity contribution in [2.45, 2.75) is 32.3 Å². The Kier molecular flexibility index (Phi) is 4.89. The minimum absolute atomic E-state index is 0.145. The smallest absolute Gasteiger partial charge is 0.414 e. The number of aromatic nitrogens is 2. The van der Waals surface area contributed by atoms with E-state index in [4.69, 9.17) is 9.26 Å². The molecule has 1 N–H and O–H groups in total. The van der Waals surface area contributed by atoms with Crippen molar-refractivity contribution < 1.29 is 18.8 Å². The molecule has 0 bridgehead atoms. The molecule has 0 radical (unpaired) electrons. The third-order valence-electron chi connectivity index (χ3n) is 5.71. The number of pyridine rings is 1. The van der Waals surface area contributed by atoms with E-state index >= 15 is 0 Å². The number of rotatable bonds is 4. The van der Waals surface area contributed by atoms with Crippen LogP contribution in [-0.4, -0.2) is 41.3 Å². The number of benzene rings is 1. The molecule has 1 atom stereocenters. The lowest BCUT2D eigenvalue weighted by Crippen LogP contribution is -2.33. The summed E-state index contributed by atoms with van der Waals surface area (Å²) < 4.78 is 11.2. The van der Waals surface area contributed by atoms with Gasteiger partial charge >= 0.3 is 6.09 Å². The largest absolute Gasteiger partial charge is 0.442 e. The molecule has 3 heterocycles. The Morgan fingerprint density at radius 2 is 2.06 bits per heavy atom. The predicted molar refractivity (Wildman–Crippen MR) is 113 cm³/mol. The van der Waals surface area contributed by atoms with Crippen molar-refractivity contribution in [2.24, 2.45) is 0 Å². The standard InChI is InChI=1S/C23H22N4O4/c1-14(28)25-12-18-13-27(23(29)30-18)17-5-6-19-16(11-17)3-2-4-20-21(26-31-22(19)20)15-7-9-24-10-8-15/h5-11,18H,2-4,12-13H2,1H3,(H,25,28)/t18-/m0/s1. The van der Waals surface area contributed by atoms with Gasteiger partial charge in [-0.2, -0.15) is 0 Å². The lowest BCUT2D eigenvalue weighted by molar-refractivity contribution is -0.119. The summed E-state index contributed by atoms with van der Waals surface area (Å²) in [6.07, 6.45) is 5.44. The van der Waals surface area contributed by atoms with Gasteiger partial charge in [0, 0.05) is 41.7 Å². The van der Waals surface area contributed by atoms with Gasteiger partial charge in [0.05, 0.1) is 13.1 Å². The predicted octanol–water partition coefficient (Wildman–Crippen LogP) is 3.35.